The Hall–Kier alpha value is -1.35. The molecule has 3 nitrogen and oxygen atoms in total. The first-order valence-electron chi connectivity index (χ1n) is 9.10. The predicted octanol–water partition coefficient (Wildman–Crippen LogP) is 3.34. The number of carbonyl (C=O) groups excluding carboxylic acids is 1. The van der Waals surface area contributed by atoms with E-state index in [0.717, 1.165) is 18.7 Å². The fraction of sp³-hybridized carbons (Fsp3) is 0.650. The summed E-state index contributed by atoms with van der Waals surface area (Å²) in [5, 5.41) is 3.07. The molecule has 23 heavy (non-hydrogen) atoms. The first-order valence-corrected chi connectivity index (χ1v) is 9.10. The van der Waals surface area contributed by atoms with Crippen LogP contribution >= 0.6 is 0 Å². The zero-order chi connectivity index (χ0) is 16.8. The van der Waals surface area contributed by atoms with E-state index in [1.165, 1.54) is 36.8 Å². The number of fused-ring (bicyclic) bond motifs is 1. The van der Waals surface area contributed by atoms with Crippen molar-refractivity contribution in [3.05, 3.63) is 34.9 Å². The topological polar surface area (TPSA) is 32.3 Å². The number of hydrogen-bond acceptors (Lipinski definition) is 2. The summed E-state index contributed by atoms with van der Waals surface area (Å²) in [5.74, 6) is 0.133. The lowest BCUT2D eigenvalue weighted by Crippen LogP contribution is -2.42. The predicted molar refractivity (Wildman–Crippen MR) is 96.8 cm³/mol. The molecule has 128 valence electrons. The number of nitrogens with one attached hydrogen (secondary N) is 1. The van der Waals surface area contributed by atoms with Gasteiger partial charge in [-0.05, 0) is 70.1 Å². The molecule has 2 rings (SSSR count). The Kier molecular flexibility index (Phi) is 6.64. The van der Waals surface area contributed by atoms with E-state index < -0.39 is 0 Å². The molecule has 0 fully saturated rings. The number of carbonyl (C=O) groups is 1. The lowest BCUT2D eigenvalue weighted by Gasteiger charge is -2.30. The maximum absolute atomic E-state index is 12.2. The van der Waals surface area contributed by atoms with Crippen LogP contribution < -0.4 is 5.32 Å². The average Bonchev–Trinajstić information content (AvgIpc) is 2.50. The van der Waals surface area contributed by atoms with Crippen molar-refractivity contribution < 1.29 is 4.79 Å². The van der Waals surface area contributed by atoms with Crippen molar-refractivity contribution >= 4 is 5.91 Å². The molecule has 1 N–H and O–H groups in total. The van der Waals surface area contributed by atoms with Crippen LogP contribution in [0.5, 0.6) is 0 Å². The van der Waals surface area contributed by atoms with Crippen LogP contribution in [0, 0.1) is 0 Å². The zero-order valence-corrected chi connectivity index (χ0v) is 15.2. The van der Waals surface area contributed by atoms with Gasteiger partial charge in [0.05, 0.1) is 6.42 Å². The van der Waals surface area contributed by atoms with Gasteiger partial charge in [-0.2, -0.15) is 0 Å². The summed E-state index contributed by atoms with van der Waals surface area (Å²) >= 11 is 0. The van der Waals surface area contributed by atoms with Crippen LogP contribution in [0.2, 0.25) is 0 Å². The standard InChI is InChI=1S/C20H32N2O/c1-15(2)22(16(3)4)12-11-21-20(23)14-17-9-10-18-7-5-6-8-19(18)13-17/h9-10,13,15-16H,5-8,11-12,14H2,1-4H3,(H,21,23). The van der Waals surface area contributed by atoms with Crippen molar-refractivity contribution in [2.75, 3.05) is 13.1 Å². The van der Waals surface area contributed by atoms with Crippen LogP contribution in [0.15, 0.2) is 18.2 Å². The van der Waals surface area contributed by atoms with Crippen molar-refractivity contribution in [2.24, 2.45) is 0 Å². The maximum Gasteiger partial charge on any atom is 0.224 e. The third kappa shape index (κ3) is 5.35. The molecule has 0 unspecified atom stereocenters. The van der Waals surface area contributed by atoms with Crippen molar-refractivity contribution in [1.82, 2.24) is 10.2 Å². The second-order valence-corrected chi connectivity index (χ2v) is 7.26. The van der Waals surface area contributed by atoms with E-state index in [0.29, 0.717) is 18.5 Å². The average molecular weight is 316 g/mol. The normalized spacial score (nSPS) is 14.4. The highest BCUT2D eigenvalue weighted by Crippen LogP contribution is 2.22. The largest absolute Gasteiger partial charge is 0.355 e. The molecule has 0 bridgehead atoms. The molecule has 0 heterocycles. The molecule has 1 amide bonds. The van der Waals surface area contributed by atoms with E-state index in [-0.39, 0.29) is 5.91 Å². The minimum absolute atomic E-state index is 0.133. The molecule has 0 radical (unpaired) electrons. The van der Waals surface area contributed by atoms with Gasteiger partial charge in [-0.3, -0.25) is 9.69 Å². The maximum atomic E-state index is 12.2. The Morgan fingerprint density at radius 1 is 1.09 bits per heavy atom. The first kappa shape index (κ1) is 18.0. The molecule has 0 aromatic heterocycles. The molecule has 1 aromatic rings. The quantitative estimate of drug-likeness (QED) is 0.837. The van der Waals surface area contributed by atoms with Crippen molar-refractivity contribution in [3.63, 3.8) is 0 Å². The summed E-state index contributed by atoms with van der Waals surface area (Å²) in [6.45, 7) is 10.4. The van der Waals surface area contributed by atoms with Crippen LogP contribution in [0.25, 0.3) is 0 Å². The van der Waals surface area contributed by atoms with Gasteiger partial charge in [-0.1, -0.05) is 18.2 Å². The third-order valence-corrected chi connectivity index (χ3v) is 4.80. The van der Waals surface area contributed by atoms with E-state index in [2.05, 4.69) is 56.1 Å². The summed E-state index contributed by atoms with van der Waals surface area (Å²) in [6.07, 6.45) is 5.44. The van der Waals surface area contributed by atoms with Crippen molar-refractivity contribution in [3.8, 4) is 0 Å². The highest BCUT2D eigenvalue weighted by molar-refractivity contribution is 5.78. The Balaban J connectivity index is 1.81. The Morgan fingerprint density at radius 2 is 1.74 bits per heavy atom. The van der Waals surface area contributed by atoms with Gasteiger partial charge in [-0.25, -0.2) is 0 Å². The van der Waals surface area contributed by atoms with E-state index in [1.54, 1.807) is 0 Å². The van der Waals surface area contributed by atoms with Crippen LogP contribution in [-0.2, 0) is 24.1 Å². The third-order valence-electron chi connectivity index (χ3n) is 4.80. The van der Waals surface area contributed by atoms with Crippen LogP contribution in [0.3, 0.4) is 0 Å². The van der Waals surface area contributed by atoms with Gasteiger partial charge >= 0.3 is 0 Å². The van der Waals surface area contributed by atoms with E-state index in [4.69, 9.17) is 0 Å². The second kappa shape index (κ2) is 8.49. The van der Waals surface area contributed by atoms with Crippen molar-refractivity contribution in [2.45, 2.75) is 71.9 Å². The van der Waals surface area contributed by atoms with Crippen LogP contribution in [0.1, 0.15) is 57.2 Å². The molecular weight excluding hydrogens is 284 g/mol. The molecule has 1 aliphatic carbocycles. The highest BCUT2D eigenvalue weighted by atomic mass is 16.1. The molecule has 0 saturated carbocycles. The lowest BCUT2D eigenvalue weighted by atomic mass is 9.90. The van der Waals surface area contributed by atoms with Gasteiger partial charge < -0.3 is 5.32 Å². The number of benzene rings is 1. The van der Waals surface area contributed by atoms with Gasteiger partial charge in [-0.15, -0.1) is 0 Å². The SMILES string of the molecule is CC(C)N(CCNC(=O)Cc1ccc2c(c1)CCCC2)C(C)C. The van der Waals surface area contributed by atoms with E-state index >= 15 is 0 Å². The monoisotopic (exact) mass is 316 g/mol. The van der Waals surface area contributed by atoms with Gasteiger partial charge in [0, 0.05) is 25.2 Å². The fourth-order valence-corrected chi connectivity index (χ4v) is 3.58. The smallest absolute Gasteiger partial charge is 0.224 e. The first-order chi connectivity index (χ1) is 11.0. The highest BCUT2D eigenvalue weighted by Gasteiger charge is 2.14. The summed E-state index contributed by atoms with van der Waals surface area (Å²) in [7, 11) is 0. The number of amides is 1. The van der Waals surface area contributed by atoms with Gasteiger partial charge in [0.1, 0.15) is 0 Å². The van der Waals surface area contributed by atoms with Crippen LogP contribution in [-0.4, -0.2) is 36.0 Å². The molecule has 0 saturated heterocycles. The molecule has 0 spiro atoms. The minimum Gasteiger partial charge on any atom is -0.355 e. The summed E-state index contributed by atoms with van der Waals surface area (Å²) in [5.41, 5.74) is 4.07. The molecule has 1 aromatic carbocycles. The molecule has 0 atom stereocenters. The number of rotatable bonds is 7. The Labute approximate surface area is 141 Å². The van der Waals surface area contributed by atoms with E-state index in [1.807, 2.05) is 0 Å². The van der Waals surface area contributed by atoms with Gasteiger partial charge in [0.25, 0.3) is 0 Å². The molecule has 3 heteroatoms. The van der Waals surface area contributed by atoms with Crippen molar-refractivity contribution in [1.29, 1.82) is 0 Å². The zero-order valence-electron chi connectivity index (χ0n) is 15.2. The number of aryl methyl sites for hydroxylation is 2. The molecule has 1 aliphatic rings. The van der Waals surface area contributed by atoms with E-state index in [9.17, 15) is 4.79 Å². The van der Waals surface area contributed by atoms with Crippen LogP contribution in [0.4, 0.5) is 0 Å². The Bertz CT molecular complexity index is 514. The number of nitrogens with zero attached hydrogens (tertiary/aromatic N) is 1. The summed E-state index contributed by atoms with van der Waals surface area (Å²) in [6, 6.07) is 7.59. The molecular formula is C20H32N2O. The lowest BCUT2D eigenvalue weighted by molar-refractivity contribution is -0.120. The summed E-state index contributed by atoms with van der Waals surface area (Å²) in [4.78, 5) is 14.6. The number of hydrogen-bond donors (Lipinski definition) is 1. The van der Waals surface area contributed by atoms with Gasteiger partial charge in [0.15, 0.2) is 0 Å². The Morgan fingerprint density at radius 3 is 2.39 bits per heavy atom. The second-order valence-electron chi connectivity index (χ2n) is 7.26. The van der Waals surface area contributed by atoms with Gasteiger partial charge in [0.2, 0.25) is 5.91 Å². The molecule has 0 aliphatic heterocycles. The minimum atomic E-state index is 0.133. The summed E-state index contributed by atoms with van der Waals surface area (Å²) < 4.78 is 0. The fourth-order valence-electron chi connectivity index (χ4n) is 3.58.